The average Bonchev–Trinajstić information content (AvgIpc) is 2.43. The van der Waals surface area contributed by atoms with E-state index in [0.29, 0.717) is 17.2 Å². The predicted molar refractivity (Wildman–Crippen MR) is 82.7 cm³/mol. The Kier molecular flexibility index (Phi) is 4.02. The van der Waals surface area contributed by atoms with Gasteiger partial charge < -0.3 is 9.52 Å². The van der Waals surface area contributed by atoms with Crippen molar-refractivity contribution in [2.24, 2.45) is 0 Å². The smallest absolute Gasteiger partial charge is 0.336 e. The van der Waals surface area contributed by atoms with Crippen LogP contribution in [0.4, 0.5) is 0 Å². The lowest BCUT2D eigenvalue weighted by Gasteiger charge is -2.29. The van der Waals surface area contributed by atoms with Gasteiger partial charge in [-0.15, -0.1) is 0 Å². The summed E-state index contributed by atoms with van der Waals surface area (Å²) in [4.78, 5) is 14.0. The normalized spacial score (nSPS) is 17.5. The summed E-state index contributed by atoms with van der Waals surface area (Å²) in [6.07, 6.45) is 1.36. The van der Waals surface area contributed by atoms with E-state index in [1.54, 1.807) is 6.07 Å². The first kappa shape index (κ1) is 14.6. The van der Waals surface area contributed by atoms with Gasteiger partial charge >= 0.3 is 5.63 Å². The first-order chi connectivity index (χ1) is 10.0. The highest BCUT2D eigenvalue weighted by Crippen LogP contribution is 2.26. The third-order valence-corrected chi connectivity index (χ3v) is 4.47. The highest BCUT2D eigenvalue weighted by Gasteiger charge is 2.18. The van der Waals surface area contributed by atoms with E-state index in [2.05, 4.69) is 4.90 Å². The fourth-order valence-corrected chi connectivity index (χ4v) is 2.96. The summed E-state index contributed by atoms with van der Waals surface area (Å²) in [5, 5.41) is 11.1. The number of aliphatic hydroxyl groups is 1. The molecule has 21 heavy (non-hydrogen) atoms. The third-order valence-electron chi connectivity index (χ3n) is 4.06. The number of fused-ring (bicyclic) bond motifs is 1. The van der Waals surface area contributed by atoms with Crippen molar-refractivity contribution in [1.29, 1.82) is 0 Å². The van der Waals surface area contributed by atoms with Crippen molar-refractivity contribution < 1.29 is 9.52 Å². The number of hydrogen-bond acceptors (Lipinski definition) is 4. The molecule has 0 aliphatic carbocycles. The molecule has 5 heteroatoms. The monoisotopic (exact) mass is 307 g/mol. The molecule has 1 N–H and O–H groups in total. The summed E-state index contributed by atoms with van der Waals surface area (Å²) in [7, 11) is 0. The van der Waals surface area contributed by atoms with Crippen molar-refractivity contribution in [2.45, 2.75) is 32.4 Å². The molecular formula is C16H18ClNO3. The Morgan fingerprint density at radius 2 is 2.05 bits per heavy atom. The van der Waals surface area contributed by atoms with E-state index in [1.165, 1.54) is 0 Å². The van der Waals surface area contributed by atoms with Crippen LogP contribution in [0.15, 0.2) is 27.4 Å². The van der Waals surface area contributed by atoms with Gasteiger partial charge in [-0.3, -0.25) is 4.90 Å². The molecule has 0 saturated carbocycles. The molecule has 1 aliphatic rings. The maximum Gasteiger partial charge on any atom is 0.336 e. The lowest BCUT2D eigenvalue weighted by molar-refractivity contribution is 0.0794. The minimum atomic E-state index is -0.337. The summed E-state index contributed by atoms with van der Waals surface area (Å²) >= 11 is 6.19. The summed E-state index contributed by atoms with van der Waals surface area (Å²) in [5.74, 6) is 0. The molecule has 3 rings (SSSR count). The minimum Gasteiger partial charge on any atom is -0.423 e. The first-order valence-corrected chi connectivity index (χ1v) is 7.54. The summed E-state index contributed by atoms with van der Waals surface area (Å²) < 4.78 is 5.27. The molecule has 1 aliphatic heterocycles. The van der Waals surface area contributed by atoms with E-state index in [1.807, 2.05) is 19.1 Å². The second kappa shape index (κ2) is 5.79. The predicted octanol–water partition coefficient (Wildman–Crippen LogP) is 2.71. The number of nitrogens with zero attached hydrogens (tertiary/aromatic N) is 1. The maximum atomic E-state index is 11.7. The van der Waals surface area contributed by atoms with Gasteiger partial charge in [-0.2, -0.15) is 0 Å². The van der Waals surface area contributed by atoms with E-state index >= 15 is 0 Å². The van der Waals surface area contributed by atoms with Gasteiger partial charge in [0.25, 0.3) is 0 Å². The molecule has 0 radical (unpaired) electrons. The number of benzene rings is 1. The largest absolute Gasteiger partial charge is 0.423 e. The fraction of sp³-hybridized carbons (Fsp3) is 0.438. The molecule has 0 spiro atoms. The second-order valence-electron chi connectivity index (χ2n) is 5.70. The number of aliphatic hydroxyl groups excluding tert-OH is 1. The Morgan fingerprint density at radius 3 is 2.76 bits per heavy atom. The standard InChI is InChI=1S/C16H18ClNO3/c1-10-6-15-13(8-14(10)17)11(7-16(20)21-15)9-18-4-2-12(19)3-5-18/h6-8,12,19H,2-5,9H2,1H3. The van der Waals surface area contributed by atoms with Crippen LogP contribution in [0.25, 0.3) is 11.0 Å². The zero-order chi connectivity index (χ0) is 15.0. The summed E-state index contributed by atoms with van der Waals surface area (Å²) in [6.45, 7) is 4.24. The van der Waals surface area contributed by atoms with Crippen molar-refractivity contribution in [2.75, 3.05) is 13.1 Å². The lowest BCUT2D eigenvalue weighted by atomic mass is 10.0. The van der Waals surface area contributed by atoms with Crippen LogP contribution in [0, 0.1) is 6.92 Å². The molecular weight excluding hydrogens is 290 g/mol. The highest BCUT2D eigenvalue weighted by molar-refractivity contribution is 6.32. The Balaban J connectivity index is 1.97. The molecule has 1 aromatic carbocycles. The molecule has 0 unspecified atom stereocenters. The van der Waals surface area contributed by atoms with Crippen molar-refractivity contribution in [3.63, 3.8) is 0 Å². The molecule has 0 bridgehead atoms. The Morgan fingerprint density at radius 1 is 1.33 bits per heavy atom. The molecule has 1 fully saturated rings. The fourth-order valence-electron chi connectivity index (χ4n) is 2.80. The average molecular weight is 308 g/mol. The topological polar surface area (TPSA) is 53.7 Å². The molecule has 1 saturated heterocycles. The van der Waals surface area contributed by atoms with Crippen molar-refractivity contribution >= 4 is 22.6 Å². The van der Waals surface area contributed by atoms with Gasteiger partial charge in [0.05, 0.1) is 6.10 Å². The van der Waals surface area contributed by atoms with E-state index < -0.39 is 0 Å². The van der Waals surface area contributed by atoms with Gasteiger partial charge in [-0.05, 0) is 43.0 Å². The zero-order valence-corrected chi connectivity index (χ0v) is 12.7. The van der Waals surface area contributed by atoms with Gasteiger partial charge in [-0.1, -0.05) is 11.6 Å². The van der Waals surface area contributed by atoms with Crippen LogP contribution in [0.1, 0.15) is 24.0 Å². The minimum absolute atomic E-state index is 0.198. The molecule has 2 heterocycles. The highest BCUT2D eigenvalue weighted by atomic mass is 35.5. The molecule has 2 aromatic rings. The Hall–Kier alpha value is -1.36. The molecule has 4 nitrogen and oxygen atoms in total. The summed E-state index contributed by atoms with van der Waals surface area (Å²) in [6, 6.07) is 5.21. The number of aryl methyl sites for hydroxylation is 1. The van der Waals surface area contributed by atoms with E-state index in [-0.39, 0.29) is 11.7 Å². The molecule has 1 aromatic heterocycles. The second-order valence-corrected chi connectivity index (χ2v) is 6.10. The summed E-state index contributed by atoms with van der Waals surface area (Å²) in [5.41, 5.74) is 2.07. The Labute approximate surface area is 127 Å². The Bertz CT molecular complexity index is 717. The van der Waals surface area contributed by atoms with Gasteiger partial charge in [0.15, 0.2) is 0 Å². The number of rotatable bonds is 2. The van der Waals surface area contributed by atoms with Crippen LogP contribution in [0.5, 0.6) is 0 Å². The van der Waals surface area contributed by atoms with Crippen LogP contribution in [0.3, 0.4) is 0 Å². The van der Waals surface area contributed by atoms with Gasteiger partial charge in [0, 0.05) is 36.1 Å². The maximum absolute atomic E-state index is 11.7. The van der Waals surface area contributed by atoms with Crippen LogP contribution >= 0.6 is 11.6 Å². The van der Waals surface area contributed by atoms with E-state index in [0.717, 1.165) is 42.4 Å². The van der Waals surface area contributed by atoms with Crippen molar-refractivity contribution in [1.82, 2.24) is 4.90 Å². The van der Waals surface area contributed by atoms with Crippen LogP contribution in [-0.4, -0.2) is 29.2 Å². The lowest BCUT2D eigenvalue weighted by Crippen LogP contribution is -2.35. The quantitative estimate of drug-likeness (QED) is 0.867. The first-order valence-electron chi connectivity index (χ1n) is 7.16. The molecule has 0 amide bonds. The van der Waals surface area contributed by atoms with Gasteiger partial charge in [-0.25, -0.2) is 4.79 Å². The van der Waals surface area contributed by atoms with Gasteiger partial charge in [0.1, 0.15) is 5.58 Å². The molecule has 0 atom stereocenters. The van der Waals surface area contributed by atoms with Crippen molar-refractivity contribution in [3.8, 4) is 0 Å². The van der Waals surface area contributed by atoms with E-state index in [9.17, 15) is 9.90 Å². The third kappa shape index (κ3) is 3.12. The molecule has 112 valence electrons. The van der Waals surface area contributed by atoms with Gasteiger partial charge in [0.2, 0.25) is 0 Å². The number of hydrogen-bond donors (Lipinski definition) is 1. The number of halogens is 1. The zero-order valence-electron chi connectivity index (χ0n) is 11.9. The van der Waals surface area contributed by atoms with E-state index in [4.69, 9.17) is 16.0 Å². The van der Waals surface area contributed by atoms with Crippen LogP contribution in [0.2, 0.25) is 5.02 Å². The number of piperidine rings is 1. The van der Waals surface area contributed by atoms with Crippen LogP contribution < -0.4 is 5.63 Å². The van der Waals surface area contributed by atoms with Crippen molar-refractivity contribution in [3.05, 3.63) is 44.8 Å². The van der Waals surface area contributed by atoms with Crippen LogP contribution in [-0.2, 0) is 6.54 Å². The SMILES string of the molecule is Cc1cc2oc(=O)cc(CN3CCC(O)CC3)c2cc1Cl. The number of likely N-dealkylation sites (tertiary alicyclic amines) is 1.